The van der Waals surface area contributed by atoms with E-state index in [2.05, 4.69) is 20.5 Å². The fourth-order valence-corrected chi connectivity index (χ4v) is 3.20. The Morgan fingerprint density at radius 1 is 1.28 bits per heavy atom. The van der Waals surface area contributed by atoms with E-state index in [1.165, 1.54) is 11.3 Å². The van der Waals surface area contributed by atoms with Crippen LogP contribution >= 0.6 is 11.3 Å². The van der Waals surface area contributed by atoms with E-state index >= 15 is 0 Å². The molecule has 3 aromatic rings. The number of anilines is 1. The summed E-state index contributed by atoms with van der Waals surface area (Å²) in [7, 11) is 1.71. The number of rotatable bonds is 5. The number of aryl methyl sites for hydroxylation is 2. The lowest BCUT2D eigenvalue weighted by atomic mass is 10.2. The second-order valence-electron chi connectivity index (χ2n) is 6.06. The maximum absolute atomic E-state index is 12.4. The van der Waals surface area contributed by atoms with Crippen LogP contribution in [0.25, 0.3) is 11.0 Å². The predicted molar refractivity (Wildman–Crippen MR) is 97.9 cm³/mol. The molecule has 2 aromatic heterocycles. The number of carbonyl (C=O) groups excluding carboxylic acids is 1. The zero-order valence-corrected chi connectivity index (χ0v) is 15.1. The van der Waals surface area contributed by atoms with Gasteiger partial charge >= 0.3 is 0 Å². The van der Waals surface area contributed by atoms with Gasteiger partial charge in [-0.1, -0.05) is 37.3 Å². The summed E-state index contributed by atoms with van der Waals surface area (Å²) in [5.74, 6) is 0.0661. The van der Waals surface area contributed by atoms with E-state index in [1.807, 2.05) is 38.1 Å². The van der Waals surface area contributed by atoms with Gasteiger partial charge in [0, 0.05) is 25.8 Å². The van der Waals surface area contributed by atoms with Crippen molar-refractivity contribution in [3.05, 3.63) is 45.3 Å². The topological polar surface area (TPSA) is 89.8 Å². The number of fused-ring (bicyclic) bond motifs is 1. The maximum atomic E-state index is 12.4. The number of hydrogen-bond donors (Lipinski definition) is 1. The number of nitrogens with zero attached hydrogens (tertiary/aromatic N) is 4. The van der Waals surface area contributed by atoms with E-state index in [4.69, 9.17) is 0 Å². The highest BCUT2D eigenvalue weighted by molar-refractivity contribution is 7.15. The van der Waals surface area contributed by atoms with Gasteiger partial charge in [0.05, 0.1) is 11.0 Å². The molecule has 0 spiro atoms. The summed E-state index contributed by atoms with van der Waals surface area (Å²) >= 11 is 1.36. The highest BCUT2D eigenvalue weighted by atomic mass is 32.1. The van der Waals surface area contributed by atoms with Crippen LogP contribution in [0.5, 0.6) is 0 Å². The molecule has 25 heavy (non-hydrogen) atoms. The summed E-state index contributed by atoms with van der Waals surface area (Å²) < 4.78 is 1.56. The molecule has 0 radical (unpaired) electrons. The molecule has 3 rings (SSSR count). The third-order valence-corrected chi connectivity index (χ3v) is 4.96. The average Bonchev–Trinajstić information content (AvgIpc) is 3.05. The second kappa shape index (κ2) is 7.10. The molecule has 0 atom stereocenters. The SMILES string of the molecule is CC(C)c1nnc(NC(=O)CCc2nc3ccccc3n(C)c2=O)s1. The highest BCUT2D eigenvalue weighted by Crippen LogP contribution is 2.22. The molecular weight excluding hydrogens is 338 g/mol. The monoisotopic (exact) mass is 357 g/mol. The molecule has 0 fully saturated rings. The van der Waals surface area contributed by atoms with Crippen molar-refractivity contribution in [2.24, 2.45) is 7.05 Å². The van der Waals surface area contributed by atoms with Gasteiger partial charge in [-0.2, -0.15) is 0 Å². The van der Waals surface area contributed by atoms with Crippen LogP contribution in [0.4, 0.5) is 5.13 Å². The minimum absolute atomic E-state index is 0.164. The van der Waals surface area contributed by atoms with E-state index < -0.39 is 0 Å². The molecule has 7 nitrogen and oxygen atoms in total. The van der Waals surface area contributed by atoms with E-state index in [0.29, 0.717) is 10.8 Å². The summed E-state index contributed by atoms with van der Waals surface area (Å²) in [5, 5.41) is 12.1. The Kier molecular flexibility index (Phi) is 4.89. The molecule has 0 bridgehead atoms. The molecule has 0 aliphatic rings. The standard InChI is InChI=1S/C17H19N5O2S/c1-10(2)15-20-21-17(25-15)19-14(23)9-8-12-16(24)22(3)13-7-5-4-6-11(13)18-12/h4-7,10H,8-9H2,1-3H3,(H,19,21,23). The van der Waals surface area contributed by atoms with Gasteiger partial charge in [0.2, 0.25) is 11.0 Å². The van der Waals surface area contributed by atoms with E-state index in [1.54, 1.807) is 11.6 Å². The maximum Gasteiger partial charge on any atom is 0.272 e. The van der Waals surface area contributed by atoms with Crippen molar-refractivity contribution < 1.29 is 4.79 Å². The summed E-state index contributed by atoms with van der Waals surface area (Å²) in [6.45, 7) is 4.04. The smallest absolute Gasteiger partial charge is 0.272 e. The van der Waals surface area contributed by atoms with Crippen LogP contribution in [-0.2, 0) is 18.3 Å². The molecule has 0 unspecified atom stereocenters. The summed E-state index contributed by atoms with van der Waals surface area (Å²) in [4.78, 5) is 28.9. The number of aromatic nitrogens is 4. The number of amides is 1. The molecule has 2 heterocycles. The van der Waals surface area contributed by atoms with Crippen molar-refractivity contribution in [2.75, 3.05) is 5.32 Å². The Bertz CT molecular complexity index is 977. The molecular formula is C17H19N5O2S. The summed E-state index contributed by atoms with van der Waals surface area (Å²) in [6.07, 6.45) is 0.441. The van der Waals surface area contributed by atoms with Gasteiger partial charge < -0.3 is 9.88 Å². The lowest BCUT2D eigenvalue weighted by Gasteiger charge is -2.07. The predicted octanol–water partition coefficient (Wildman–Crippen LogP) is 2.48. The highest BCUT2D eigenvalue weighted by Gasteiger charge is 2.13. The molecule has 1 N–H and O–H groups in total. The van der Waals surface area contributed by atoms with Gasteiger partial charge in [-0.05, 0) is 12.1 Å². The second-order valence-corrected chi connectivity index (χ2v) is 7.07. The fraction of sp³-hybridized carbons (Fsp3) is 0.353. The Balaban J connectivity index is 1.70. The van der Waals surface area contributed by atoms with E-state index in [-0.39, 0.29) is 30.2 Å². The van der Waals surface area contributed by atoms with Crippen molar-refractivity contribution in [3.8, 4) is 0 Å². The first-order valence-corrected chi connectivity index (χ1v) is 8.85. The van der Waals surface area contributed by atoms with Crippen LogP contribution in [0.1, 0.15) is 36.9 Å². The number of para-hydroxylation sites is 2. The number of benzene rings is 1. The molecule has 1 aromatic carbocycles. The number of hydrogen-bond acceptors (Lipinski definition) is 6. The first-order chi connectivity index (χ1) is 12.0. The quantitative estimate of drug-likeness (QED) is 0.758. The van der Waals surface area contributed by atoms with Crippen LogP contribution < -0.4 is 10.9 Å². The molecule has 0 aliphatic heterocycles. The minimum atomic E-state index is -0.205. The van der Waals surface area contributed by atoms with Gasteiger partial charge in [-0.3, -0.25) is 9.59 Å². The molecule has 0 saturated heterocycles. The van der Waals surface area contributed by atoms with Crippen LogP contribution in [0.3, 0.4) is 0 Å². The molecule has 130 valence electrons. The van der Waals surface area contributed by atoms with Crippen molar-refractivity contribution in [1.82, 2.24) is 19.7 Å². The Morgan fingerprint density at radius 2 is 2.04 bits per heavy atom. The fourth-order valence-electron chi connectivity index (χ4n) is 2.43. The van der Waals surface area contributed by atoms with Crippen LogP contribution in [0.2, 0.25) is 0 Å². The van der Waals surface area contributed by atoms with Crippen LogP contribution in [0, 0.1) is 0 Å². The largest absolute Gasteiger partial charge is 0.308 e. The first-order valence-electron chi connectivity index (χ1n) is 8.03. The zero-order valence-electron chi connectivity index (χ0n) is 14.3. The minimum Gasteiger partial charge on any atom is -0.308 e. The lowest BCUT2D eigenvalue weighted by molar-refractivity contribution is -0.116. The van der Waals surface area contributed by atoms with E-state index in [0.717, 1.165) is 16.0 Å². The Labute approximate surface area is 148 Å². The van der Waals surface area contributed by atoms with Gasteiger partial charge in [-0.15, -0.1) is 10.2 Å². The van der Waals surface area contributed by atoms with Crippen molar-refractivity contribution >= 4 is 33.4 Å². The number of nitrogens with one attached hydrogen (secondary N) is 1. The molecule has 1 amide bonds. The first kappa shape index (κ1) is 17.2. The van der Waals surface area contributed by atoms with Gasteiger partial charge in [0.1, 0.15) is 10.7 Å². The third-order valence-electron chi connectivity index (χ3n) is 3.82. The van der Waals surface area contributed by atoms with Crippen molar-refractivity contribution in [3.63, 3.8) is 0 Å². The molecule has 0 aliphatic carbocycles. The van der Waals surface area contributed by atoms with Crippen LogP contribution in [0.15, 0.2) is 29.1 Å². The van der Waals surface area contributed by atoms with E-state index in [9.17, 15) is 9.59 Å². The lowest BCUT2D eigenvalue weighted by Crippen LogP contribution is -2.24. The van der Waals surface area contributed by atoms with Crippen molar-refractivity contribution in [1.29, 1.82) is 0 Å². The Hall–Kier alpha value is -2.61. The van der Waals surface area contributed by atoms with Gasteiger partial charge in [0.15, 0.2) is 0 Å². The van der Waals surface area contributed by atoms with Crippen LogP contribution in [-0.4, -0.2) is 25.7 Å². The van der Waals surface area contributed by atoms with Gasteiger partial charge in [0.25, 0.3) is 5.56 Å². The third kappa shape index (κ3) is 3.74. The molecule has 0 saturated carbocycles. The number of carbonyl (C=O) groups is 1. The Morgan fingerprint density at radius 3 is 2.76 bits per heavy atom. The normalized spacial score (nSPS) is 11.2. The van der Waals surface area contributed by atoms with Crippen molar-refractivity contribution in [2.45, 2.75) is 32.6 Å². The molecule has 8 heteroatoms. The summed E-state index contributed by atoms with van der Waals surface area (Å²) in [6, 6.07) is 7.44. The van der Waals surface area contributed by atoms with Gasteiger partial charge in [-0.25, -0.2) is 4.98 Å². The summed E-state index contributed by atoms with van der Waals surface area (Å²) in [5.41, 5.74) is 1.72. The average molecular weight is 357 g/mol. The zero-order chi connectivity index (χ0) is 18.0.